The number of hydrogen-bond acceptors (Lipinski definition) is 7. The molecule has 1 aliphatic heterocycles. The number of nitrogens with zero attached hydrogens (tertiary/aromatic N) is 1. The third-order valence-corrected chi connectivity index (χ3v) is 6.80. The zero-order chi connectivity index (χ0) is 28.6. The lowest BCUT2D eigenvalue weighted by molar-refractivity contribution is -0.126. The van der Waals surface area contributed by atoms with Crippen LogP contribution in [0.4, 0.5) is 5.69 Å². The van der Waals surface area contributed by atoms with E-state index in [-0.39, 0.29) is 18.4 Å². The van der Waals surface area contributed by atoms with Crippen LogP contribution < -0.4 is 25.0 Å². The predicted octanol–water partition coefficient (Wildman–Crippen LogP) is 3.71. The molecule has 0 radical (unpaired) electrons. The van der Waals surface area contributed by atoms with E-state index in [1.807, 2.05) is 32.0 Å². The van der Waals surface area contributed by atoms with E-state index < -0.39 is 23.8 Å². The Labute approximate surface area is 233 Å². The second kappa shape index (κ2) is 13.2. The molecular weight excluding hydrogens is 514 g/mol. The summed E-state index contributed by atoms with van der Waals surface area (Å²) in [5.74, 6) is -0.437. The molecule has 0 aliphatic carbocycles. The van der Waals surface area contributed by atoms with Gasteiger partial charge in [0.1, 0.15) is 6.04 Å². The topological polar surface area (TPSA) is 119 Å². The molecule has 0 saturated carbocycles. The first-order valence-electron chi connectivity index (χ1n) is 13.1. The first-order chi connectivity index (χ1) is 19.3. The minimum absolute atomic E-state index is 0.0804. The number of rotatable bonds is 11. The average Bonchev–Trinajstić information content (AvgIpc) is 3.69. The highest BCUT2D eigenvalue weighted by Gasteiger charge is 2.35. The summed E-state index contributed by atoms with van der Waals surface area (Å²) in [5, 5.41) is 5.60. The Bertz CT molecular complexity index is 1330. The monoisotopic (exact) mass is 549 g/mol. The minimum atomic E-state index is -1.09. The summed E-state index contributed by atoms with van der Waals surface area (Å²) in [6, 6.07) is 12.8. The van der Waals surface area contributed by atoms with E-state index in [1.54, 1.807) is 24.3 Å². The van der Waals surface area contributed by atoms with Crippen LogP contribution in [0, 0.1) is 13.8 Å². The van der Waals surface area contributed by atoms with E-state index in [0.717, 1.165) is 24.0 Å². The second-order valence-electron chi connectivity index (χ2n) is 9.61. The average molecular weight is 550 g/mol. The van der Waals surface area contributed by atoms with Gasteiger partial charge in [0, 0.05) is 18.8 Å². The van der Waals surface area contributed by atoms with E-state index in [9.17, 15) is 14.4 Å². The third-order valence-electron chi connectivity index (χ3n) is 6.80. The van der Waals surface area contributed by atoms with Crippen LogP contribution in [0.3, 0.4) is 0 Å². The van der Waals surface area contributed by atoms with Crippen LogP contribution in [0.15, 0.2) is 59.2 Å². The van der Waals surface area contributed by atoms with Crippen LogP contribution in [-0.2, 0) is 14.3 Å². The zero-order valence-corrected chi connectivity index (χ0v) is 23.2. The Balaban J connectivity index is 1.75. The Hall–Kier alpha value is -4.31. The van der Waals surface area contributed by atoms with Crippen molar-refractivity contribution in [1.82, 2.24) is 10.6 Å². The van der Waals surface area contributed by atoms with Gasteiger partial charge in [0.05, 0.1) is 33.1 Å². The van der Waals surface area contributed by atoms with Crippen molar-refractivity contribution in [3.63, 3.8) is 0 Å². The van der Waals surface area contributed by atoms with Crippen LogP contribution in [0.25, 0.3) is 0 Å². The lowest BCUT2D eigenvalue weighted by atomic mass is 10.00. The SMILES string of the molecule is COc1ccc([C@H](C(=O)NC[C@@H]2CCCO2)N(C(=O)CNC(=O)c2ccco2)c2cc(C)ccc2C)cc1OC. The van der Waals surface area contributed by atoms with Gasteiger partial charge in [-0.15, -0.1) is 0 Å². The zero-order valence-electron chi connectivity index (χ0n) is 23.2. The fraction of sp³-hybridized carbons (Fsp3) is 0.367. The fourth-order valence-corrected chi connectivity index (χ4v) is 4.69. The Morgan fingerprint density at radius 1 is 1.02 bits per heavy atom. The van der Waals surface area contributed by atoms with Gasteiger partial charge in [-0.2, -0.15) is 0 Å². The van der Waals surface area contributed by atoms with Crippen LogP contribution in [-0.4, -0.2) is 57.7 Å². The van der Waals surface area contributed by atoms with Gasteiger partial charge in [-0.25, -0.2) is 0 Å². The molecule has 0 bridgehead atoms. The maximum Gasteiger partial charge on any atom is 0.287 e. The van der Waals surface area contributed by atoms with E-state index >= 15 is 0 Å². The van der Waals surface area contributed by atoms with Gasteiger partial charge in [-0.05, 0) is 73.7 Å². The Kier molecular flexibility index (Phi) is 9.44. The first-order valence-corrected chi connectivity index (χ1v) is 13.1. The standard InChI is InChI=1S/C30H35N3O7/c1-19-9-10-20(2)23(15-19)33(27(34)18-32-29(35)25-8-6-14-40-25)28(30(36)31-17-22-7-5-13-39-22)21-11-12-24(37-3)26(16-21)38-4/h6,8-12,14-16,22,28H,5,7,13,17-18H2,1-4H3,(H,31,36)(H,32,35)/t22-,28+/m0/s1. The quantitative estimate of drug-likeness (QED) is 0.374. The first kappa shape index (κ1) is 28.7. The number of amides is 3. The van der Waals surface area contributed by atoms with E-state index in [2.05, 4.69) is 10.6 Å². The molecule has 0 unspecified atom stereocenters. The number of furan rings is 1. The van der Waals surface area contributed by atoms with Gasteiger partial charge >= 0.3 is 0 Å². The van der Waals surface area contributed by atoms with Crippen molar-refractivity contribution < 1.29 is 33.0 Å². The van der Waals surface area contributed by atoms with Crippen molar-refractivity contribution in [3.8, 4) is 11.5 Å². The maximum atomic E-state index is 14.0. The summed E-state index contributed by atoms with van der Waals surface area (Å²) < 4.78 is 21.8. The number of ether oxygens (including phenoxy) is 3. The third kappa shape index (κ3) is 6.63. The number of nitrogens with one attached hydrogen (secondary N) is 2. The molecule has 3 aromatic rings. The number of benzene rings is 2. The van der Waals surface area contributed by atoms with Gasteiger partial charge in [-0.1, -0.05) is 18.2 Å². The number of methoxy groups -OCH3 is 2. The van der Waals surface area contributed by atoms with Crippen LogP contribution in [0.5, 0.6) is 11.5 Å². The maximum absolute atomic E-state index is 14.0. The van der Waals surface area contributed by atoms with Crippen molar-refractivity contribution in [3.05, 3.63) is 77.2 Å². The van der Waals surface area contributed by atoms with Gasteiger partial charge in [-0.3, -0.25) is 19.3 Å². The summed E-state index contributed by atoms with van der Waals surface area (Å²) in [5.41, 5.74) is 2.75. The van der Waals surface area contributed by atoms with Crippen molar-refractivity contribution in [2.75, 3.05) is 38.8 Å². The molecule has 1 aliphatic rings. The molecule has 2 aromatic carbocycles. The normalized spacial score (nSPS) is 15.2. The molecule has 2 atom stereocenters. The van der Waals surface area contributed by atoms with Crippen molar-refractivity contribution in [2.45, 2.75) is 38.8 Å². The molecule has 2 heterocycles. The van der Waals surface area contributed by atoms with Crippen molar-refractivity contribution in [2.24, 2.45) is 0 Å². The summed E-state index contributed by atoms with van der Waals surface area (Å²) in [6.07, 6.45) is 3.07. The molecule has 2 N–H and O–H groups in total. The summed E-state index contributed by atoms with van der Waals surface area (Å²) in [4.78, 5) is 41.9. The lowest BCUT2D eigenvalue weighted by Gasteiger charge is -2.33. The number of anilines is 1. The molecule has 3 amide bonds. The molecule has 212 valence electrons. The smallest absolute Gasteiger partial charge is 0.287 e. The molecule has 10 nitrogen and oxygen atoms in total. The number of carbonyl (C=O) groups is 3. The van der Waals surface area contributed by atoms with Gasteiger partial charge in [0.25, 0.3) is 5.91 Å². The van der Waals surface area contributed by atoms with Crippen LogP contribution in [0.1, 0.15) is 46.1 Å². The molecule has 1 fully saturated rings. The van der Waals surface area contributed by atoms with Crippen molar-refractivity contribution >= 4 is 23.4 Å². The largest absolute Gasteiger partial charge is 0.493 e. The summed E-state index contributed by atoms with van der Waals surface area (Å²) in [6.45, 7) is 4.38. The minimum Gasteiger partial charge on any atom is -0.493 e. The second-order valence-corrected chi connectivity index (χ2v) is 9.61. The predicted molar refractivity (Wildman–Crippen MR) is 149 cm³/mol. The summed E-state index contributed by atoms with van der Waals surface area (Å²) >= 11 is 0. The van der Waals surface area contributed by atoms with Crippen molar-refractivity contribution in [1.29, 1.82) is 0 Å². The number of aryl methyl sites for hydroxylation is 2. The van der Waals surface area contributed by atoms with Gasteiger partial charge < -0.3 is 29.3 Å². The highest BCUT2D eigenvalue weighted by molar-refractivity contribution is 6.04. The highest BCUT2D eigenvalue weighted by atomic mass is 16.5. The Morgan fingerprint density at radius 2 is 1.82 bits per heavy atom. The van der Waals surface area contributed by atoms with Gasteiger partial charge in [0.15, 0.2) is 17.3 Å². The molecule has 1 saturated heterocycles. The molecule has 4 rings (SSSR count). The molecule has 10 heteroatoms. The van der Waals surface area contributed by atoms with Gasteiger partial charge in [0.2, 0.25) is 11.8 Å². The van der Waals surface area contributed by atoms with E-state index in [0.29, 0.717) is 35.9 Å². The van der Waals surface area contributed by atoms with Crippen LogP contribution in [0.2, 0.25) is 0 Å². The molecule has 0 spiro atoms. The molecular formula is C30H35N3O7. The number of carbonyl (C=O) groups excluding carboxylic acids is 3. The number of hydrogen-bond donors (Lipinski definition) is 2. The molecule has 40 heavy (non-hydrogen) atoms. The Morgan fingerprint density at radius 3 is 2.50 bits per heavy atom. The van der Waals surface area contributed by atoms with E-state index in [1.165, 1.54) is 31.4 Å². The highest BCUT2D eigenvalue weighted by Crippen LogP contribution is 2.36. The molecule has 1 aromatic heterocycles. The summed E-state index contributed by atoms with van der Waals surface area (Å²) in [7, 11) is 3.03. The lowest BCUT2D eigenvalue weighted by Crippen LogP contribution is -2.48. The van der Waals surface area contributed by atoms with Crippen LogP contribution >= 0.6 is 0 Å². The van der Waals surface area contributed by atoms with E-state index in [4.69, 9.17) is 18.6 Å². The fourth-order valence-electron chi connectivity index (χ4n) is 4.69.